The topological polar surface area (TPSA) is 76.1 Å². The minimum absolute atomic E-state index is 0.0424. The van der Waals surface area contributed by atoms with Crippen molar-refractivity contribution in [1.82, 2.24) is 9.80 Å². The smallest absolute Gasteiger partial charge is 0.320 e. The predicted octanol–water partition coefficient (Wildman–Crippen LogP) is 2.71. The zero-order valence-electron chi connectivity index (χ0n) is 15.8. The molecular formula is C17H28N2O5S. The van der Waals surface area contributed by atoms with Gasteiger partial charge in [-0.2, -0.15) is 8.42 Å². The van der Waals surface area contributed by atoms with E-state index >= 15 is 0 Å². The van der Waals surface area contributed by atoms with Crippen LogP contribution in [0.5, 0.6) is 11.5 Å². The van der Waals surface area contributed by atoms with Crippen LogP contribution in [0.4, 0.5) is 4.79 Å². The summed E-state index contributed by atoms with van der Waals surface area (Å²) in [6.07, 6.45) is 0.809. The molecule has 8 heteroatoms. The van der Waals surface area contributed by atoms with E-state index in [-0.39, 0.29) is 23.6 Å². The molecule has 0 spiro atoms. The van der Waals surface area contributed by atoms with Crippen LogP contribution in [0.1, 0.15) is 32.8 Å². The third kappa shape index (κ3) is 5.81. The highest BCUT2D eigenvalue weighted by molar-refractivity contribution is 7.87. The molecule has 0 saturated carbocycles. The van der Waals surface area contributed by atoms with Crippen LogP contribution in [0.2, 0.25) is 0 Å². The SMILES string of the molecule is CC[C@H](C)N(Cc1ccc(OC)c(OS(=O)(=O)CC)c1)C(=O)N(C)C. The van der Waals surface area contributed by atoms with Crippen LogP contribution in [0.25, 0.3) is 0 Å². The summed E-state index contributed by atoms with van der Waals surface area (Å²) in [6.45, 7) is 5.84. The first-order chi connectivity index (χ1) is 11.6. The van der Waals surface area contributed by atoms with E-state index in [1.165, 1.54) is 18.9 Å². The Morgan fingerprint density at radius 2 is 1.84 bits per heavy atom. The first-order valence-corrected chi connectivity index (χ1v) is 9.79. The van der Waals surface area contributed by atoms with Crippen molar-refractivity contribution in [2.75, 3.05) is 27.0 Å². The fraction of sp³-hybridized carbons (Fsp3) is 0.588. The maximum absolute atomic E-state index is 12.4. The molecule has 142 valence electrons. The Hall–Kier alpha value is -1.96. The van der Waals surface area contributed by atoms with Crippen molar-refractivity contribution in [1.29, 1.82) is 0 Å². The second kappa shape index (κ2) is 8.94. The van der Waals surface area contributed by atoms with Crippen LogP contribution in [0, 0.1) is 0 Å². The second-order valence-corrected chi connectivity index (χ2v) is 7.84. The summed E-state index contributed by atoms with van der Waals surface area (Å²) in [7, 11) is 1.18. The van der Waals surface area contributed by atoms with Crippen LogP contribution in [-0.2, 0) is 16.7 Å². The van der Waals surface area contributed by atoms with Gasteiger partial charge in [-0.25, -0.2) is 4.79 Å². The van der Waals surface area contributed by atoms with Gasteiger partial charge in [0.2, 0.25) is 0 Å². The maximum Gasteiger partial charge on any atom is 0.320 e. The molecule has 2 amide bonds. The number of hydrogen-bond acceptors (Lipinski definition) is 5. The second-order valence-electron chi connectivity index (χ2n) is 5.98. The van der Waals surface area contributed by atoms with Gasteiger partial charge in [-0.15, -0.1) is 0 Å². The normalized spacial score (nSPS) is 12.4. The molecule has 0 saturated heterocycles. The lowest BCUT2D eigenvalue weighted by Crippen LogP contribution is -2.43. The molecule has 0 heterocycles. The lowest BCUT2D eigenvalue weighted by molar-refractivity contribution is 0.148. The Morgan fingerprint density at radius 1 is 1.20 bits per heavy atom. The molecule has 0 radical (unpaired) electrons. The zero-order valence-corrected chi connectivity index (χ0v) is 16.6. The highest BCUT2D eigenvalue weighted by Crippen LogP contribution is 2.30. The van der Waals surface area contributed by atoms with Crippen molar-refractivity contribution in [2.45, 2.75) is 39.8 Å². The van der Waals surface area contributed by atoms with Gasteiger partial charge >= 0.3 is 16.1 Å². The van der Waals surface area contributed by atoms with Gasteiger partial charge in [0.15, 0.2) is 11.5 Å². The number of urea groups is 1. The van der Waals surface area contributed by atoms with Gasteiger partial charge in [-0.1, -0.05) is 13.0 Å². The third-order valence-corrected chi connectivity index (χ3v) is 5.04. The van der Waals surface area contributed by atoms with Crippen molar-refractivity contribution in [3.63, 3.8) is 0 Å². The summed E-state index contributed by atoms with van der Waals surface area (Å²) in [6, 6.07) is 4.98. The summed E-state index contributed by atoms with van der Waals surface area (Å²) in [5.74, 6) is 0.316. The van der Waals surface area contributed by atoms with E-state index in [4.69, 9.17) is 8.92 Å². The van der Waals surface area contributed by atoms with Gasteiger partial charge in [-0.05, 0) is 38.0 Å². The molecule has 0 aromatic heterocycles. The van der Waals surface area contributed by atoms with Gasteiger partial charge in [-0.3, -0.25) is 0 Å². The van der Waals surface area contributed by atoms with E-state index in [2.05, 4.69) is 0 Å². The average Bonchev–Trinajstić information content (AvgIpc) is 2.58. The lowest BCUT2D eigenvalue weighted by Gasteiger charge is -2.31. The van der Waals surface area contributed by atoms with E-state index in [0.29, 0.717) is 12.3 Å². The number of methoxy groups -OCH3 is 1. The fourth-order valence-corrected chi connectivity index (χ4v) is 2.69. The van der Waals surface area contributed by atoms with Crippen molar-refractivity contribution in [3.05, 3.63) is 23.8 Å². The van der Waals surface area contributed by atoms with E-state index in [0.717, 1.165) is 12.0 Å². The minimum Gasteiger partial charge on any atom is -0.493 e. The minimum atomic E-state index is -3.67. The predicted molar refractivity (Wildman–Crippen MR) is 97.5 cm³/mol. The molecule has 1 aromatic rings. The molecular weight excluding hydrogens is 344 g/mol. The molecule has 0 aliphatic rings. The maximum atomic E-state index is 12.4. The van der Waals surface area contributed by atoms with Crippen molar-refractivity contribution >= 4 is 16.1 Å². The molecule has 0 aliphatic heterocycles. The molecule has 25 heavy (non-hydrogen) atoms. The molecule has 0 bridgehead atoms. The summed E-state index contributed by atoms with van der Waals surface area (Å²) in [5.41, 5.74) is 0.762. The first kappa shape index (κ1) is 21.1. The summed E-state index contributed by atoms with van der Waals surface area (Å²) >= 11 is 0. The molecule has 7 nitrogen and oxygen atoms in total. The van der Waals surface area contributed by atoms with Gasteiger partial charge < -0.3 is 18.7 Å². The number of hydrogen-bond donors (Lipinski definition) is 0. The van der Waals surface area contributed by atoms with Crippen LogP contribution < -0.4 is 8.92 Å². The van der Waals surface area contributed by atoms with Crippen molar-refractivity contribution < 1.29 is 22.1 Å². The Labute approximate surface area is 150 Å². The van der Waals surface area contributed by atoms with E-state index < -0.39 is 10.1 Å². The number of amides is 2. The fourth-order valence-electron chi connectivity index (χ4n) is 2.17. The molecule has 1 aromatic carbocycles. The Bertz CT molecular complexity index is 688. The Kier molecular flexibility index (Phi) is 7.54. The monoisotopic (exact) mass is 372 g/mol. The van der Waals surface area contributed by atoms with Gasteiger partial charge in [0.05, 0.1) is 12.9 Å². The number of ether oxygens (including phenoxy) is 1. The average molecular weight is 372 g/mol. The number of carbonyl (C=O) groups excluding carboxylic acids is 1. The first-order valence-electron chi connectivity index (χ1n) is 8.22. The van der Waals surface area contributed by atoms with Gasteiger partial charge in [0.25, 0.3) is 0 Å². The summed E-state index contributed by atoms with van der Waals surface area (Å²) in [4.78, 5) is 15.7. The van der Waals surface area contributed by atoms with Gasteiger partial charge in [0, 0.05) is 26.7 Å². The zero-order chi connectivity index (χ0) is 19.2. The van der Waals surface area contributed by atoms with E-state index in [1.807, 2.05) is 13.8 Å². The Morgan fingerprint density at radius 3 is 2.32 bits per heavy atom. The number of carbonyl (C=O) groups is 1. The summed E-state index contributed by atoms with van der Waals surface area (Å²) < 4.78 is 33.8. The van der Waals surface area contributed by atoms with Crippen molar-refractivity contribution in [2.24, 2.45) is 0 Å². The molecule has 1 rings (SSSR count). The highest BCUT2D eigenvalue weighted by atomic mass is 32.2. The quantitative estimate of drug-likeness (QED) is 0.656. The molecule has 0 N–H and O–H groups in total. The largest absolute Gasteiger partial charge is 0.493 e. The van der Waals surface area contributed by atoms with Crippen LogP contribution in [0.15, 0.2) is 18.2 Å². The molecule has 0 fully saturated rings. The number of rotatable bonds is 8. The number of benzene rings is 1. The third-order valence-electron chi connectivity index (χ3n) is 3.90. The summed E-state index contributed by atoms with van der Waals surface area (Å²) in [5, 5.41) is 0. The van der Waals surface area contributed by atoms with Crippen LogP contribution in [0.3, 0.4) is 0 Å². The highest BCUT2D eigenvalue weighted by Gasteiger charge is 2.22. The standard InChI is InChI=1S/C17H28N2O5S/c1-7-13(3)19(17(20)18(4)5)12-14-9-10-15(23-6)16(11-14)24-25(21,22)8-2/h9-11,13H,7-8,12H2,1-6H3/t13-/m0/s1. The lowest BCUT2D eigenvalue weighted by atomic mass is 10.1. The van der Waals surface area contributed by atoms with Gasteiger partial charge in [0.1, 0.15) is 0 Å². The van der Waals surface area contributed by atoms with Crippen LogP contribution >= 0.6 is 0 Å². The molecule has 1 atom stereocenters. The van der Waals surface area contributed by atoms with E-state index in [9.17, 15) is 13.2 Å². The molecule has 0 unspecified atom stereocenters. The van der Waals surface area contributed by atoms with Crippen LogP contribution in [-0.4, -0.2) is 57.2 Å². The van der Waals surface area contributed by atoms with E-state index in [1.54, 1.807) is 37.2 Å². The number of nitrogens with zero attached hydrogens (tertiary/aromatic N) is 2. The van der Waals surface area contributed by atoms with Crippen molar-refractivity contribution in [3.8, 4) is 11.5 Å². The Balaban J connectivity index is 3.17. The molecule has 0 aliphatic carbocycles.